The maximum atomic E-state index is 12.5. The summed E-state index contributed by atoms with van der Waals surface area (Å²) in [4.78, 5) is 27.7. The summed E-state index contributed by atoms with van der Waals surface area (Å²) >= 11 is 0. The number of carbonyl (C=O) groups excluding carboxylic acids is 2. The lowest BCUT2D eigenvalue weighted by atomic mass is 10.1. The molecule has 5 nitrogen and oxygen atoms in total. The van der Waals surface area contributed by atoms with Crippen LogP contribution in [0.3, 0.4) is 0 Å². The minimum Gasteiger partial charge on any atom is -0.324 e. The third-order valence-electron chi connectivity index (χ3n) is 3.63. The number of likely N-dealkylation sites (tertiary alicyclic amines) is 1. The minimum absolute atomic E-state index is 0.0537. The summed E-state index contributed by atoms with van der Waals surface area (Å²) in [5, 5.41) is 2.80. The minimum atomic E-state index is -0.135. The zero-order chi connectivity index (χ0) is 13.2. The second kappa shape index (κ2) is 4.91. The fraction of sp³-hybridized carbons (Fsp3) is 0.429. The molecule has 1 saturated heterocycles. The Morgan fingerprint density at radius 3 is 2.63 bits per heavy atom. The van der Waals surface area contributed by atoms with Crippen molar-refractivity contribution in [2.24, 2.45) is 0 Å². The van der Waals surface area contributed by atoms with Crippen LogP contribution in [0.25, 0.3) is 0 Å². The number of hydrogen-bond acceptors (Lipinski definition) is 2. The Bertz CT molecular complexity index is 509. The zero-order valence-corrected chi connectivity index (χ0v) is 10.8. The summed E-state index contributed by atoms with van der Waals surface area (Å²) in [5.74, 6) is -0.135. The number of piperidine rings is 1. The van der Waals surface area contributed by atoms with Gasteiger partial charge in [-0.15, -0.1) is 0 Å². The Kier molecular flexibility index (Phi) is 3.11. The topological polar surface area (TPSA) is 52.7 Å². The first-order valence-corrected chi connectivity index (χ1v) is 6.71. The highest BCUT2D eigenvalue weighted by molar-refractivity contribution is 6.09. The second-order valence-electron chi connectivity index (χ2n) is 4.98. The van der Waals surface area contributed by atoms with Gasteiger partial charge in [0.1, 0.15) is 6.54 Å². The molecule has 0 aromatic heterocycles. The summed E-state index contributed by atoms with van der Waals surface area (Å²) in [7, 11) is 0. The van der Waals surface area contributed by atoms with E-state index in [1.165, 1.54) is 6.42 Å². The van der Waals surface area contributed by atoms with Gasteiger partial charge in [0, 0.05) is 13.1 Å². The van der Waals surface area contributed by atoms with E-state index in [2.05, 4.69) is 5.32 Å². The van der Waals surface area contributed by atoms with Crippen LogP contribution >= 0.6 is 0 Å². The van der Waals surface area contributed by atoms with Crippen molar-refractivity contribution < 1.29 is 9.59 Å². The summed E-state index contributed by atoms with van der Waals surface area (Å²) < 4.78 is 0. The number of carbonyl (C=O) groups is 2. The van der Waals surface area contributed by atoms with E-state index in [-0.39, 0.29) is 18.5 Å². The summed E-state index contributed by atoms with van der Waals surface area (Å²) in [6, 6.07) is 7.38. The van der Waals surface area contributed by atoms with Crippen LogP contribution in [0.2, 0.25) is 0 Å². The SMILES string of the molecule is O=C1CN(C(=O)N2CCCCC2)c2ccccc2N1. The third kappa shape index (κ3) is 2.28. The number of urea groups is 1. The molecule has 0 unspecified atom stereocenters. The quantitative estimate of drug-likeness (QED) is 0.775. The molecular formula is C14H17N3O2. The van der Waals surface area contributed by atoms with Gasteiger partial charge in [0.25, 0.3) is 0 Å². The zero-order valence-electron chi connectivity index (χ0n) is 10.8. The smallest absolute Gasteiger partial charge is 0.324 e. The van der Waals surface area contributed by atoms with E-state index < -0.39 is 0 Å². The maximum Gasteiger partial charge on any atom is 0.325 e. The molecule has 0 spiro atoms. The second-order valence-corrected chi connectivity index (χ2v) is 4.98. The number of benzene rings is 1. The first-order valence-electron chi connectivity index (χ1n) is 6.71. The summed E-state index contributed by atoms with van der Waals surface area (Å²) in [6.07, 6.45) is 3.28. The molecule has 2 heterocycles. The van der Waals surface area contributed by atoms with Crippen LogP contribution in [0, 0.1) is 0 Å². The first-order chi connectivity index (χ1) is 9.25. The Labute approximate surface area is 112 Å². The Morgan fingerprint density at radius 2 is 1.84 bits per heavy atom. The Balaban J connectivity index is 1.87. The van der Waals surface area contributed by atoms with E-state index in [1.54, 1.807) is 4.90 Å². The molecule has 2 aliphatic rings. The van der Waals surface area contributed by atoms with Crippen LogP contribution in [-0.2, 0) is 4.79 Å². The van der Waals surface area contributed by atoms with Gasteiger partial charge in [-0.1, -0.05) is 12.1 Å². The van der Waals surface area contributed by atoms with Crippen LogP contribution in [0.4, 0.5) is 16.2 Å². The normalized spacial score (nSPS) is 18.8. The molecule has 0 radical (unpaired) electrons. The molecule has 0 saturated carbocycles. The van der Waals surface area contributed by atoms with Crippen molar-refractivity contribution in [2.75, 3.05) is 29.9 Å². The average molecular weight is 259 g/mol. The van der Waals surface area contributed by atoms with E-state index in [4.69, 9.17) is 0 Å². The molecular weight excluding hydrogens is 242 g/mol. The van der Waals surface area contributed by atoms with Crippen molar-refractivity contribution in [3.05, 3.63) is 24.3 Å². The van der Waals surface area contributed by atoms with Crippen molar-refractivity contribution in [1.29, 1.82) is 0 Å². The molecule has 19 heavy (non-hydrogen) atoms. The highest BCUT2D eigenvalue weighted by Gasteiger charge is 2.30. The van der Waals surface area contributed by atoms with E-state index >= 15 is 0 Å². The Hall–Kier alpha value is -2.04. The molecule has 0 aliphatic carbocycles. The van der Waals surface area contributed by atoms with Gasteiger partial charge in [0.15, 0.2) is 0 Å². The molecule has 1 aromatic rings. The van der Waals surface area contributed by atoms with Crippen molar-refractivity contribution in [3.63, 3.8) is 0 Å². The Morgan fingerprint density at radius 1 is 1.11 bits per heavy atom. The summed E-state index contributed by atoms with van der Waals surface area (Å²) in [5.41, 5.74) is 1.50. The largest absolute Gasteiger partial charge is 0.325 e. The van der Waals surface area contributed by atoms with Gasteiger partial charge in [-0.2, -0.15) is 0 Å². The fourth-order valence-corrected chi connectivity index (χ4v) is 2.66. The van der Waals surface area contributed by atoms with E-state index in [1.807, 2.05) is 29.2 Å². The van der Waals surface area contributed by atoms with Crippen molar-refractivity contribution in [2.45, 2.75) is 19.3 Å². The number of para-hydroxylation sites is 2. The molecule has 0 atom stereocenters. The van der Waals surface area contributed by atoms with Gasteiger partial charge < -0.3 is 10.2 Å². The fourth-order valence-electron chi connectivity index (χ4n) is 2.66. The lowest BCUT2D eigenvalue weighted by Crippen LogP contribution is -2.50. The van der Waals surface area contributed by atoms with Gasteiger partial charge in [-0.25, -0.2) is 4.79 Å². The summed E-state index contributed by atoms with van der Waals surface area (Å²) in [6.45, 7) is 1.69. The highest BCUT2D eigenvalue weighted by atomic mass is 16.2. The standard InChI is InChI=1S/C14H17N3O2/c18-13-10-17(12-7-3-2-6-11(12)15-13)14(19)16-8-4-1-5-9-16/h2-3,6-7H,1,4-5,8-10H2,(H,15,18). The van der Waals surface area contributed by atoms with Gasteiger partial charge in [0.05, 0.1) is 11.4 Å². The number of fused-ring (bicyclic) bond motifs is 1. The van der Waals surface area contributed by atoms with Gasteiger partial charge in [0.2, 0.25) is 5.91 Å². The number of nitrogens with zero attached hydrogens (tertiary/aromatic N) is 2. The lowest BCUT2D eigenvalue weighted by Gasteiger charge is -2.35. The van der Waals surface area contributed by atoms with Gasteiger partial charge >= 0.3 is 6.03 Å². The van der Waals surface area contributed by atoms with E-state index in [9.17, 15) is 9.59 Å². The molecule has 3 amide bonds. The van der Waals surface area contributed by atoms with Crippen molar-refractivity contribution >= 4 is 23.3 Å². The van der Waals surface area contributed by atoms with Crippen LogP contribution in [0.15, 0.2) is 24.3 Å². The molecule has 1 N–H and O–H groups in total. The van der Waals surface area contributed by atoms with Crippen LogP contribution in [0.5, 0.6) is 0 Å². The molecule has 1 fully saturated rings. The molecule has 2 aliphatic heterocycles. The number of rotatable bonds is 0. The maximum absolute atomic E-state index is 12.5. The molecule has 0 bridgehead atoms. The average Bonchev–Trinajstić information content (AvgIpc) is 2.46. The predicted octanol–water partition coefficient (Wildman–Crippen LogP) is 2.05. The first kappa shape index (κ1) is 12.0. The molecule has 3 rings (SSSR count). The van der Waals surface area contributed by atoms with Gasteiger partial charge in [-0.3, -0.25) is 9.69 Å². The molecule has 5 heteroatoms. The number of nitrogens with one attached hydrogen (secondary N) is 1. The van der Waals surface area contributed by atoms with Crippen LogP contribution in [0.1, 0.15) is 19.3 Å². The van der Waals surface area contributed by atoms with E-state index in [0.29, 0.717) is 5.69 Å². The molecule has 1 aromatic carbocycles. The molecule has 100 valence electrons. The van der Waals surface area contributed by atoms with Crippen LogP contribution < -0.4 is 10.2 Å². The number of hydrogen-bond donors (Lipinski definition) is 1. The van der Waals surface area contributed by atoms with Gasteiger partial charge in [-0.05, 0) is 31.4 Å². The monoisotopic (exact) mass is 259 g/mol. The van der Waals surface area contributed by atoms with Crippen molar-refractivity contribution in [1.82, 2.24) is 4.90 Å². The number of amides is 3. The predicted molar refractivity (Wildman–Crippen MR) is 73.2 cm³/mol. The van der Waals surface area contributed by atoms with Crippen LogP contribution in [-0.4, -0.2) is 36.5 Å². The van der Waals surface area contributed by atoms with E-state index in [0.717, 1.165) is 31.6 Å². The highest BCUT2D eigenvalue weighted by Crippen LogP contribution is 2.30. The third-order valence-corrected chi connectivity index (χ3v) is 3.63. The number of anilines is 2. The van der Waals surface area contributed by atoms with Crippen molar-refractivity contribution in [3.8, 4) is 0 Å². The lowest BCUT2D eigenvalue weighted by molar-refractivity contribution is -0.115.